The molecule has 10 aliphatic heterocycles. The van der Waals surface area contributed by atoms with Crippen molar-refractivity contribution in [3.05, 3.63) is 73.0 Å². The number of aliphatic hydroxyl groups is 4. The molecule has 9 saturated heterocycles. The van der Waals surface area contributed by atoms with Gasteiger partial charge in [0.05, 0.1) is 101 Å². The quantitative estimate of drug-likeness (QED) is 0.0431. The molecule has 119 heavy (non-hydrogen) atoms. The molecule has 2 aromatic carbocycles. The van der Waals surface area contributed by atoms with Crippen LogP contribution < -0.4 is 9.44 Å². The molecule has 6 N–H and O–H groups in total. The van der Waals surface area contributed by atoms with Crippen LogP contribution in [0.5, 0.6) is 0 Å². The van der Waals surface area contributed by atoms with E-state index in [2.05, 4.69) is 57.9 Å². The van der Waals surface area contributed by atoms with Crippen molar-refractivity contribution in [3.8, 4) is 0 Å². The van der Waals surface area contributed by atoms with E-state index in [1.54, 1.807) is 42.7 Å². The van der Waals surface area contributed by atoms with Crippen molar-refractivity contribution in [1.29, 1.82) is 0 Å². The van der Waals surface area contributed by atoms with Gasteiger partial charge < -0.3 is 101 Å². The predicted octanol–water partition coefficient (Wildman–Crippen LogP) is 10.0. The van der Waals surface area contributed by atoms with Crippen LogP contribution in [0.2, 0.25) is 0 Å². The van der Waals surface area contributed by atoms with Gasteiger partial charge in [-0.2, -0.15) is 0 Å². The number of benzene rings is 2. The summed E-state index contributed by atoms with van der Waals surface area (Å²) in [5, 5.41) is 51.5. The molecule has 2 aromatic rings. The van der Waals surface area contributed by atoms with E-state index < -0.39 is 210 Å². The molecule has 0 aliphatic carbocycles. The van der Waals surface area contributed by atoms with E-state index in [9.17, 15) is 25.2 Å². The maximum atomic E-state index is 15.5. The Kier molecular flexibility index (Phi) is 41.7. The molecule has 9 fully saturated rings. The molecule has 43 atom stereocenters. The Morgan fingerprint density at radius 3 is 1.11 bits per heavy atom. The van der Waals surface area contributed by atoms with Gasteiger partial charge in [0.2, 0.25) is 20.0 Å². The van der Waals surface area contributed by atoms with E-state index in [4.69, 9.17) is 80.5 Å². The first kappa shape index (κ1) is 106. The van der Waals surface area contributed by atoms with Crippen LogP contribution in [0.3, 0.4) is 0 Å². The number of fused-ring (bicyclic) bond motifs is 1. The zero-order valence-electron chi connectivity index (χ0n) is 72.8. The van der Waals surface area contributed by atoms with Crippen LogP contribution in [0.4, 0.5) is 4.79 Å². The molecular weight excluding hydrogens is 2440 g/mol. The number of carbonyl (C=O) groups is 1. The Morgan fingerprint density at radius 2 is 0.689 bits per heavy atom. The first-order valence-electron chi connectivity index (χ1n) is 42.9. The van der Waals surface area contributed by atoms with Gasteiger partial charge in [0.1, 0.15) is 54.9 Å². The van der Waals surface area contributed by atoms with Crippen molar-refractivity contribution in [2.45, 2.75) is 383 Å². The summed E-state index contributed by atoms with van der Waals surface area (Å²) in [4.78, 5) is 13.2. The fourth-order valence-corrected chi connectivity index (χ4v) is 21.9. The molecule has 10 heterocycles. The zero-order chi connectivity index (χ0) is 83.1. The Balaban J connectivity index is 0.00000441. The van der Waals surface area contributed by atoms with Gasteiger partial charge in [0.25, 0.3) is 0 Å². The number of aliphatic hydroxyl groups excluding tert-OH is 4. The molecule has 0 amide bonds. The molecule has 0 aromatic heterocycles. The van der Waals surface area contributed by atoms with Gasteiger partial charge in [0, 0.05) is 212 Å². The number of hydrogen-bond acceptors (Lipinski definition) is 26. The third-order valence-corrected chi connectivity index (χ3v) is 31.2. The summed E-state index contributed by atoms with van der Waals surface area (Å²) in [5.41, 5.74) is 0. The van der Waals surface area contributed by atoms with Gasteiger partial charge in [0.15, 0.2) is 49.9 Å². The number of ether oxygens (including phenoxy) is 17. The smallest absolute Gasteiger partial charge is 0.496 e. The van der Waals surface area contributed by atoms with Crippen LogP contribution in [-0.2, 0) is 101 Å². The fourth-order valence-electron chi connectivity index (χ4n) is 19.4. The number of rotatable bonds is 28. The third kappa shape index (κ3) is 23.7. The average molecular weight is 2570 g/mol. The number of hydrogen-bond donors (Lipinski definition) is 6. The third-order valence-electron chi connectivity index (χ3n) is 28.2. The van der Waals surface area contributed by atoms with Gasteiger partial charge in [-0.25, -0.2) is 31.1 Å². The summed E-state index contributed by atoms with van der Waals surface area (Å²) >= 11 is 0. The van der Waals surface area contributed by atoms with Crippen molar-refractivity contribution in [3.63, 3.8) is 0 Å². The fraction of sp³-hybridized carbons (Fsp3) is 0.824. The number of carbonyl (C=O) groups excluding carboxylic acids is 1. The Labute approximate surface area is 849 Å². The van der Waals surface area contributed by atoms with Crippen molar-refractivity contribution in [2.24, 2.45) is 71.0 Å². The van der Waals surface area contributed by atoms with E-state index in [0.29, 0.717) is 12.8 Å². The van der Waals surface area contributed by atoms with Gasteiger partial charge >= 0.3 is 6.16 Å². The van der Waals surface area contributed by atoms with Gasteiger partial charge in [-0.1, -0.05) is 147 Å². The van der Waals surface area contributed by atoms with Crippen LogP contribution in [0.15, 0.2) is 82.8 Å². The molecule has 4 radical (unpaired) electrons. The van der Waals surface area contributed by atoms with E-state index in [1.807, 2.05) is 89.2 Å². The van der Waals surface area contributed by atoms with Crippen LogP contribution in [-0.4, -0.2) is 234 Å². The topological polar surface area (TPSA) is 347 Å². The van der Waals surface area contributed by atoms with Gasteiger partial charge in [-0.3, -0.25) is 0 Å². The Bertz CT molecular complexity index is 3720. The summed E-state index contributed by atoms with van der Waals surface area (Å²) in [6.45, 7) is 38.2. The molecule has 0 spiro atoms. The summed E-state index contributed by atoms with van der Waals surface area (Å²) in [7, 11) is -9.14. The van der Waals surface area contributed by atoms with E-state index in [-0.39, 0.29) is 302 Å². The van der Waals surface area contributed by atoms with E-state index >= 15 is 16.8 Å². The molecule has 0 bridgehead atoms. The molecular formula is C85H134Ac4N2O26S2. The maximum absolute atomic E-state index is 15.5. The van der Waals surface area contributed by atoms with E-state index in [0.717, 1.165) is 0 Å². The second-order valence-corrected chi connectivity index (χ2v) is 38.4. The summed E-state index contributed by atoms with van der Waals surface area (Å²) < 4.78 is 184. The molecule has 10 aliphatic rings. The zero-order valence-corrected chi connectivity index (χ0v) is 93.4. The maximum Gasteiger partial charge on any atom is 0.509 e. The van der Waals surface area contributed by atoms with Crippen molar-refractivity contribution >= 4 is 26.2 Å². The van der Waals surface area contributed by atoms with Gasteiger partial charge in [-0.15, -0.1) is 0 Å². The second-order valence-electron chi connectivity index (χ2n) is 34.9. The van der Waals surface area contributed by atoms with E-state index in [1.165, 1.54) is 24.3 Å². The predicted molar refractivity (Wildman–Crippen MR) is 419 cm³/mol. The molecule has 12 rings (SSSR count). The van der Waals surface area contributed by atoms with Crippen LogP contribution in [0.1, 0.15) is 183 Å². The molecule has 0 saturated carbocycles. The summed E-state index contributed by atoms with van der Waals surface area (Å²) in [5.74, 6) is -2.00. The van der Waals surface area contributed by atoms with Gasteiger partial charge in [-0.05, 0) is 138 Å². The standard InChI is InChI=1S/C85H134N2O26S2.4Ac/c1-20-57-55(72(107-79-47(14)41(8)44(11)50(17)98-79)65(86-114(93,94)53-32-28-26-29-33-53)83(103-57)111-77-68(89)60(23-4)105-84(70(77)91)106-71-40(7)36-37-97-61(71)24-5)38-63-69(90)76(67(88)59(22-3)101-63)110-82-66(87-115(95,96)54-34-30-27-31-35-54)73(108-80-48(15)42(9)45(12)51(18)99-80)56(58(21-2)104-82)39-64-75(78-74(62(25-6)102-64)112-85(92)113-78)109-81-49(16)43(10)46(13)52(19)100-81;;;;/h26-37,40-52,55-84,86-91H,20-25,38-39H2,1-19H3;;;;/t40?,41?,42?,43?,44-,45-,46?,47?,48?,49?,50?,51?,52-,55+,56+,57?,58?,59?,60?,61?,62?,63-,64-,65?,66?,67-,68-,69?,70?,71-,72?,73?,74-,75?,76?,77?,78?,79?,80?,81-,82-,83-,84-;;;;/m0..../s1. The molecule has 34 heteroatoms. The minimum Gasteiger partial charge on any atom is -0.496 e. The Hall–Kier alpha value is 2.12. The first-order valence-corrected chi connectivity index (χ1v) is 45.9. The number of nitrogens with one attached hydrogen (secondary N) is 2. The minimum atomic E-state index is -4.57. The van der Waals surface area contributed by atoms with Crippen molar-refractivity contribution in [2.75, 3.05) is 0 Å². The first-order chi connectivity index (χ1) is 54.7. The average Bonchev–Trinajstić information content (AvgIpc) is 1.74. The largest absolute Gasteiger partial charge is 0.509 e. The normalized spacial score (nSPS) is 45.7. The monoisotopic (exact) mass is 2570 g/mol. The van der Waals surface area contributed by atoms with Crippen LogP contribution in [0, 0.1) is 247 Å². The van der Waals surface area contributed by atoms with Crippen LogP contribution >= 0.6 is 0 Å². The summed E-state index contributed by atoms with van der Waals surface area (Å²) in [6, 6.07) is 12.6. The van der Waals surface area contributed by atoms with Crippen molar-refractivity contribution in [1.82, 2.24) is 9.44 Å². The van der Waals surface area contributed by atoms with Crippen LogP contribution in [0.25, 0.3) is 0 Å². The molecule has 664 valence electrons. The SMILES string of the molecule is CCC1O[C@@H](O[C@H]2C(C)C=COC2CC)C(O)C(O[C@@H]2OC(CC)[C@@H](C[C@@H]3OC(CC)[C@H](O)C(O[C@@H]4OC(CC)[C@@H](C[C@@H]5OC(CC)[C@@H]6OC(=O)OC6C5O[C@@H]5O[C@@H](C)C(C)C(C)C5C)C(OC5OC(C)[C@@H](C)C(C)C5C)C4NS(=O)(=O)c4ccccc4)C3O)C(OC3OC(C)[C@@H](C)C(C)C3C)C2NS(=O)(=O)c2ccccc2)[C@H]1O.[Ac].[Ac].[Ac].[Ac]. The van der Waals surface area contributed by atoms with Crippen molar-refractivity contribution < 1.29 is 299 Å². The summed E-state index contributed by atoms with van der Waals surface area (Å²) in [6.07, 6.45) is -26.4. The number of sulfonamides is 2. The second kappa shape index (κ2) is 46.7. The Morgan fingerprint density at radius 1 is 0.345 bits per heavy atom. The molecule has 28 nitrogen and oxygen atoms in total. The minimum absolute atomic E-state index is 0. The molecule has 28 unspecified atom stereocenters.